The predicted molar refractivity (Wildman–Crippen MR) is 96.1 cm³/mol. The number of nitro groups is 1. The van der Waals surface area contributed by atoms with Crippen molar-refractivity contribution < 1.29 is 9.72 Å². The summed E-state index contributed by atoms with van der Waals surface area (Å²) >= 11 is 0. The number of nitro benzene ring substituents is 1. The van der Waals surface area contributed by atoms with E-state index in [4.69, 9.17) is 0 Å². The van der Waals surface area contributed by atoms with Gasteiger partial charge < -0.3 is 4.40 Å². The maximum atomic E-state index is 13.0. The van der Waals surface area contributed by atoms with Crippen LogP contribution in [0.2, 0.25) is 0 Å². The molecule has 0 atom stereocenters. The van der Waals surface area contributed by atoms with Crippen molar-refractivity contribution in [2.75, 3.05) is 0 Å². The minimum absolute atomic E-state index is 0.0466. The highest BCUT2D eigenvalue weighted by molar-refractivity contribution is 6.10. The standard InChI is InChI=1S/C20H11N3O3/c21-12-14-11-19(20(24)13-5-2-1-3-6-13)22-16(14)10-9-15-17(22)7-4-8-18(15)23(25)26/h1-11H. The Hall–Kier alpha value is -3.98. The minimum Gasteiger partial charge on any atom is -0.305 e. The van der Waals surface area contributed by atoms with E-state index in [0.717, 1.165) is 0 Å². The molecule has 2 aromatic heterocycles. The first-order valence-corrected chi connectivity index (χ1v) is 7.83. The lowest BCUT2D eigenvalue weighted by molar-refractivity contribution is -0.383. The molecule has 0 unspecified atom stereocenters. The Labute approximate surface area is 147 Å². The number of ketones is 1. The van der Waals surface area contributed by atoms with E-state index < -0.39 is 4.92 Å². The average Bonchev–Trinajstić information content (AvgIpc) is 3.06. The molecule has 0 saturated carbocycles. The molecule has 0 aliphatic rings. The van der Waals surface area contributed by atoms with Crippen LogP contribution in [0.4, 0.5) is 5.69 Å². The predicted octanol–water partition coefficient (Wildman–Crippen LogP) is 4.10. The van der Waals surface area contributed by atoms with Gasteiger partial charge in [0, 0.05) is 11.6 Å². The van der Waals surface area contributed by atoms with Crippen molar-refractivity contribution in [1.29, 1.82) is 5.26 Å². The van der Waals surface area contributed by atoms with E-state index in [-0.39, 0.29) is 11.5 Å². The summed E-state index contributed by atoms with van der Waals surface area (Å²) in [5, 5.41) is 21.2. The lowest BCUT2D eigenvalue weighted by Crippen LogP contribution is -2.06. The van der Waals surface area contributed by atoms with Gasteiger partial charge in [0.05, 0.1) is 32.6 Å². The van der Waals surface area contributed by atoms with Gasteiger partial charge in [0.25, 0.3) is 5.69 Å². The van der Waals surface area contributed by atoms with Crippen molar-refractivity contribution in [3.8, 4) is 6.07 Å². The summed E-state index contributed by atoms with van der Waals surface area (Å²) in [5.41, 5.74) is 2.14. The molecule has 4 rings (SSSR count). The van der Waals surface area contributed by atoms with Crippen LogP contribution in [0.5, 0.6) is 0 Å². The summed E-state index contributed by atoms with van der Waals surface area (Å²) in [6, 6.07) is 20.3. The monoisotopic (exact) mass is 341 g/mol. The van der Waals surface area contributed by atoms with Crippen LogP contribution in [-0.2, 0) is 0 Å². The Kier molecular flexibility index (Phi) is 3.48. The van der Waals surface area contributed by atoms with Gasteiger partial charge in [-0.1, -0.05) is 36.4 Å². The first-order valence-electron chi connectivity index (χ1n) is 7.83. The van der Waals surface area contributed by atoms with Crippen molar-refractivity contribution in [3.05, 3.63) is 93.7 Å². The smallest absolute Gasteiger partial charge is 0.278 e. The van der Waals surface area contributed by atoms with Crippen LogP contribution < -0.4 is 0 Å². The van der Waals surface area contributed by atoms with Crippen LogP contribution in [0.1, 0.15) is 21.6 Å². The number of nitrogens with zero attached hydrogens (tertiary/aromatic N) is 3. The largest absolute Gasteiger partial charge is 0.305 e. The summed E-state index contributed by atoms with van der Waals surface area (Å²) < 4.78 is 1.62. The zero-order valence-corrected chi connectivity index (χ0v) is 13.4. The third kappa shape index (κ3) is 2.23. The minimum atomic E-state index is -0.457. The van der Waals surface area contributed by atoms with E-state index in [1.807, 2.05) is 6.07 Å². The van der Waals surface area contributed by atoms with Gasteiger partial charge in [0.1, 0.15) is 6.07 Å². The summed E-state index contributed by atoms with van der Waals surface area (Å²) in [4.78, 5) is 23.9. The molecular weight excluding hydrogens is 330 g/mol. The Morgan fingerprint density at radius 1 is 1.00 bits per heavy atom. The number of benzene rings is 2. The van der Waals surface area contributed by atoms with E-state index in [0.29, 0.717) is 33.2 Å². The number of carbonyl (C=O) groups excluding carboxylic acids is 1. The van der Waals surface area contributed by atoms with E-state index in [1.165, 1.54) is 12.1 Å². The molecule has 0 fully saturated rings. The van der Waals surface area contributed by atoms with E-state index in [2.05, 4.69) is 6.07 Å². The summed E-state index contributed by atoms with van der Waals surface area (Å²) in [6.45, 7) is 0. The molecule has 26 heavy (non-hydrogen) atoms. The molecule has 124 valence electrons. The van der Waals surface area contributed by atoms with Crippen LogP contribution in [0.25, 0.3) is 16.4 Å². The lowest BCUT2D eigenvalue weighted by Gasteiger charge is -2.07. The van der Waals surface area contributed by atoms with Gasteiger partial charge in [-0.3, -0.25) is 14.9 Å². The SMILES string of the molecule is N#Cc1cc(C(=O)c2ccccc2)n2c1ccc1c([N+](=O)[O-])cccc12. The van der Waals surface area contributed by atoms with Gasteiger partial charge in [-0.25, -0.2) is 0 Å². The lowest BCUT2D eigenvalue weighted by atomic mass is 10.1. The molecular formula is C20H11N3O3. The van der Waals surface area contributed by atoms with E-state index in [9.17, 15) is 20.2 Å². The molecule has 2 aromatic carbocycles. The third-order valence-corrected chi connectivity index (χ3v) is 4.33. The van der Waals surface area contributed by atoms with E-state index in [1.54, 1.807) is 52.9 Å². The van der Waals surface area contributed by atoms with Crippen molar-refractivity contribution >= 4 is 27.9 Å². The number of rotatable bonds is 3. The average molecular weight is 341 g/mol. The summed E-state index contributed by atoms with van der Waals surface area (Å²) in [5.74, 6) is -0.249. The number of pyridine rings is 1. The first-order chi connectivity index (χ1) is 12.6. The number of fused-ring (bicyclic) bond motifs is 3. The van der Waals surface area contributed by atoms with Crippen LogP contribution >= 0.6 is 0 Å². The van der Waals surface area contributed by atoms with Crippen molar-refractivity contribution in [1.82, 2.24) is 4.40 Å². The fraction of sp³-hybridized carbons (Fsp3) is 0. The van der Waals surface area contributed by atoms with Crippen LogP contribution in [0.15, 0.2) is 66.7 Å². The Morgan fingerprint density at radius 3 is 2.46 bits per heavy atom. The zero-order chi connectivity index (χ0) is 18.3. The van der Waals surface area contributed by atoms with Gasteiger partial charge in [0.15, 0.2) is 0 Å². The molecule has 0 saturated heterocycles. The molecule has 6 nitrogen and oxygen atoms in total. The Balaban J connectivity index is 2.11. The van der Waals surface area contributed by atoms with Crippen LogP contribution in [0.3, 0.4) is 0 Å². The number of aromatic nitrogens is 1. The van der Waals surface area contributed by atoms with Gasteiger partial charge in [-0.15, -0.1) is 0 Å². The highest BCUT2D eigenvalue weighted by Gasteiger charge is 2.21. The quantitative estimate of drug-likeness (QED) is 0.319. The molecule has 0 N–H and O–H groups in total. The first kappa shape index (κ1) is 15.5. The molecule has 0 spiro atoms. The molecule has 0 amide bonds. The molecule has 0 aliphatic heterocycles. The maximum Gasteiger partial charge on any atom is 0.278 e. The maximum absolute atomic E-state index is 13.0. The van der Waals surface area contributed by atoms with Crippen LogP contribution in [0, 0.1) is 21.4 Å². The normalized spacial score (nSPS) is 10.7. The summed E-state index contributed by atoms with van der Waals surface area (Å²) in [6.07, 6.45) is 0. The molecule has 6 heteroatoms. The third-order valence-electron chi connectivity index (χ3n) is 4.33. The second-order valence-corrected chi connectivity index (χ2v) is 5.77. The van der Waals surface area contributed by atoms with E-state index >= 15 is 0 Å². The highest BCUT2D eigenvalue weighted by Crippen LogP contribution is 2.30. The number of hydrogen-bond donors (Lipinski definition) is 0. The highest BCUT2D eigenvalue weighted by atomic mass is 16.6. The molecule has 0 aliphatic carbocycles. The summed E-state index contributed by atoms with van der Waals surface area (Å²) in [7, 11) is 0. The molecule has 4 aromatic rings. The molecule has 2 heterocycles. The molecule has 0 radical (unpaired) electrons. The second kappa shape index (κ2) is 5.83. The topological polar surface area (TPSA) is 88.4 Å². The Morgan fingerprint density at radius 2 is 1.77 bits per heavy atom. The molecule has 0 bridgehead atoms. The van der Waals surface area contributed by atoms with Crippen molar-refractivity contribution in [2.45, 2.75) is 0 Å². The number of non-ortho nitro benzene ring substituents is 1. The number of carbonyl (C=O) groups is 1. The Bertz CT molecular complexity index is 1230. The van der Waals surface area contributed by atoms with Gasteiger partial charge in [0.2, 0.25) is 5.78 Å². The fourth-order valence-electron chi connectivity index (χ4n) is 3.17. The van der Waals surface area contributed by atoms with Gasteiger partial charge in [-0.2, -0.15) is 5.26 Å². The number of hydrogen-bond acceptors (Lipinski definition) is 4. The fourth-order valence-corrected chi connectivity index (χ4v) is 3.17. The van der Waals surface area contributed by atoms with Gasteiger partial charge >= 0.3 is 0 Å². The van der Waals surface area contributed by atoms with Crippen molar-refractivity contribution in [3.63, 3.8) is 0 Å². The van der Waals surface area contributed by atoms with Gasteiger partial charge in [-0.05, 0) is 24.3 Å². The number of nitriles is 1. The zero-order valence-electron chi connectivity index (χ0n) is 13.4. The van der Waals surface area contributed by atoms with Crippen LogP contribution in [-0.4, -0.2) is 15.1 Å². The van der Waals surface area contributed by atoms with Crippen molar-refractivity contribution in [2.24, 2.45) is 0 Å². The second-order valence-electron chi connectivity index (χ2n) is 5.77.